The molecule has 3 aromatic carbocycles. The Hall–Kier alpha value is -1.87. The molecule has 0 aromatic heterocycles. The minimum atomic E-state index is -0.494. The number of aliphatic hydroxyl groups excluding tert-OH is 1. The molecule has 0 radical (unpaired) electrons. The Balaban J connectivity index is 1.57. The zero-order chi connectivity index (χ0) is 17.6. The monoisotopic (exact) mass is 354 g/mol. The maximum absolute atomic E-state index is 10.4. The van der Waals surface area contributed by atoms with Crippen molar-refractivity contribution < 1.29 is 9.84 Å². The molecule has 0 saturated heterocycles. The Morgan fingerprint density at radius 2 is 1.80 bits per heavy atom. The van der Waals surface area contributed by atoms with Crippen molar-refractivity contribution in [3.05, 3.63) is 82.9 Å². The van der Waals surface area contributed by atoms with E-state index in [1.54, 1.807) is 0 Å². The fourth-order valence-corrected chi connectivity index (χ4v) is 3.17. The SMILES string of the molecule is C[C@H](OCc1ccccc1)[C@@H](O)CCc1cccc2cc(Cl)ccc12. The van der Waals surface area contributed by atoms with Crippen LogP contribution in [0.15, 0.2) is 66.7 Å². The molecule has 3 rings (SSSR count). The van der Waals surface area contributed by atoms with Crippen LogP contribution < -0.4 is 0 Å². The number of aliphatic hydroxyl groups is 1. The van der Waals surface area contributed by atoms with Gasteiger partial charge in [-0.2, -0.15) is 0 Å². The standard InChI is InChI=1S/C22H23ClO2/c1-16(25-15-17-6-3-2-4-7-17)22(24)13-10-18-8-5-9-19-14-20(23)11-12-21(18)19/h2-9,11-12,14,16,22,24H,10,13,15H2,1H3/t16-,22-/m0/s1. The molecule has 0 heterocycles. The van der Waals surface area contributed by atoms with Crippen LogP contribution >= 0.6 is 11.6 Å². The summed E-state index contributed by atoms with van der Waals surface area (Å²) in [5.74, 6) is 0. The highest BCUT2D eigenvalue weighted by molar-refractivity contribution is 6.31. The summed E-state index contributed by atoms with van der Waals surface area (Å²) in [6.45, 7) is 2.45. The molecule has 0 aliphatic carbocycles. The fraction of sp³-hybridized carbons (Fsp3) is 0.273. The molecular formula is C22H23ClO2. The van der Waals surface area contributed by atoms with Crippen LogP contribution in [0.3, 0.4) is 0 Å². The summed E-state index contributed by atoms with van der Waals surface area (Å²) in [4.78, 5) is 0. The van der Waals surface area contributed by atoms with Crippen molar-refractivity contribution in [1.29, 1.82) is 0 Å². The Morgan fingerprint density at radius 1 is 1.00 bits per heavy atom. The van der Waals surface area contributed by atoms with E-state index in [-0.39, 0.29) is 6.10 Å². The van der Waals surface area contributed by atoms with Gasteiger partial charge in [0.2, 0.25) is 0 Å². The van der Waals surface area contributed by atoms with E-state index in [1.807, 2.05) is 55.5 Å². The maximum Gasteiger partial charge on any atom is 0.0810 e. The minimum absolute atomic E-state index is 0.204. The summed E-state index contributed by atoms with van der Waals surface area (Å²) in [6.07, 6.45) is 0.771. The number of hydrogen-bond donors (Lipinski definition) is 1. The number of halogens is 1. The highest BCUT2D eigenvalue weighted by Gasteiger charge is 2.15. The van der Waals surface area contributed by atoms with Crippen molar-refractivity contribution in [2.24, 2.45) is 0 Å². The van der Waals surface area contributed by atoms with Crippen LogP contribution in [0.4, 0.5) is 0 Å². The largest absolute Gasteiger partial charge is 0.390 e. The van der Waals surface area contributed by atoms with Gasteiger partial charge < -0.3 is 9.84 Å². The zero-order valence-electron chi connectivity index (χ0n) is 14.4. The highest BCUT2D eigenvalue weighted by atomic mass is 35.5. The highest BCUT2D eigenvalue weighted by Crippen LogP contribution is 2.24. The second-order valence-corrected chi connectivity index (χ2v) is 6.83. The molecule has 0 amide bonds. The quantitative estimate of drug-likeness (QED) is 0.616. The Kier molecular flexibility index (Phi) is 6.09. The molecule has 0 aliphatic rings. The molecular weight excluding hydrogens is 332 g/mol. The molecule has 1 N–H and O–H groups in total. The topological polar surface area (TPSA) is 29.5 Å². The van der Waals surface area contributed by atoms with E-state index in [4.69, 9.17) is 16.3 Å². The van der Waals surface area contributed by atoms with E-state index in [0.717, 1.165) is 22.4 Å². The van der Waals surface area contributed by atoms with E-state index in [9.17, 15) is 5.11 Å². The van der Waals surface area contributed by atoms with E-state index >= 15 is 0 Å². The number of benzene rings is 3. The van der Waals surface area contributed by atoms with Gasteiger partial charge in [-0.05, 0) is 53.8 Å². The predicted octanol–water partition coefficient (Wildman–Crippen LogP) is 5.39. The van der Waals surface area contributed by atoms with E-state index in [2.05, 4.69) is 18.2 Å². The summed E-state index contributed by atoms with van der Waals surface area (Å²) in [5.41, 5.74) is 2.34. The first-order chi connectivity index (χ1) is 12.1. The molecule has 0 aliphatic heterocycles. The molecule has 2 atom stereocenters. The molecule has 0 unspecified atom stereocenters. The third kappa shape index (κ3) is 4.82. The summed E-state index contributed by atoms with van der Waals surface area (Å²) >= 11 is 6.07. The normalized spacial score (nSPS) is 13.7. The lowest BCUT2D eigenvalue weighted by Gasteiger charge is -2.20. The smallest absolute Gasteiger partial charge is 0.0810 e. The molecule has 0 spiro atoms. The number of ether oxygens (including phenoxy) is 1. The van der Waals surface area contributed by atoms with E-state index < -0.39 is 6.10 Å². The third-order valence-electron chi connectivity index (χ3n) is 4.54. The van der Waals surface area contributed by atoms with Gasteiger partial charge in [0.15, 0.2) is 0 Å². The predicted molar refractivity (Wildman–Crippen MR) is 104 cm³/mol. The van der Waals surface area contributed by atoms with Crippen molar-refractivity contribution in [2.45, 2.75) is 38.6 Å². The number of aryl methyl sites for hydroxylation is 1. The lowest BCUT2D eigenvalue weighted by molar-refractivity contribution is -0.0377. The second-order valence-electron chi connectivity index (χ2n) is 6.39. The van der Waals surface area contributed by atoms with Crippen molar-refractivity contribution in [3.8, 4) is 0 Å². The molecule has 0 fully saturated rings. The van der Waals surface area contributed by atoms with Gasteiger partial charge in [0.25, 0.3) is 0 Å². The minimum Gasteiger partial charge on any atom is -0.390 e. The lowest BCUT2D eigenvalue weighted by Crippen LogP contribution is -2.26. The third-order valence-corrected chi connectivity index (χ3v) is 4.77. The Bertz CT molecular complexity index is 817. The first kappa shape index (κ1) is 17.9. The van der Waals surface area contributed by atoms with Crippen LogP contribution in [-0.4, -0.2) is 17.3 Å². The van der Waals surface area contributed by atoms with Gasteiger partial charge in [0.05, 0.1) is 18.8 Å². The number of fused-ring (bicyclic) bond motifs is 1. The van der Waals surface area contributed by atoms with Crippen LogP contribution in [0.1, 0.15) is 24.5 Å². The molecule has 2 nitrogen and oxygen atoms in total. The molecule has 0 saturated carbocycles. The van der Waals surface area contributed by atoms with Crippen LogP contribution in [0.5, 0.6) is 0 Å². The number of hydrogen-bond acceptors (Lipinski definition) is 2. The van der Waals surface area contributed by atoms with E-state index in [1.165, 1.54) is 10.9 Å². The first-order valence-electron chi connectivity index (χ1n) is 8.64. The maximum atomic E-state index is 10.4. The average Bonchev–Trinajstić information content (AvgIpc) is 2.64. The average molecular weight is 355 g/mol. The fourth-order valence-electron chi connectivity index (χ4n) is 2.99. The Morgan fingerprint density at radius 3 is 2.60 bits per heavy atom. The number of rotatable bonds is 7. The van der Waals surface area contributed by atoms with E-state index in [0.29, 0.717) is 13.0 Å². The van der Waals surface area contributed by atoms with Gasteiger partial charge in [-0.3, -0.25) is 0 Å². The van der Waals surface area contributed by atoms with Crippen LogP contribution in [0.2, 0.25) is 5.02 Å². The molecule has 3 heteroatoms. The zero-order valence-corrected chi connectivity index (χ0v) is 15.1. The summed E-state index contributed by atoms with van der Waals surface area (Å²) in [7, 11) is 0. The Labute approximate surface area is 154 Å². The van der Waals surface area contributed by atoms with Crippen molar-refractivity contribution in [3.63, 3.8) is 0 Å². The summed E-state index contributed by atoms with van der Waals surface area (Å²) < 4.78 is 5.81. The van der Waals surface area contributed by atoms with Gasteiger partial charge in [-0.15, -0.1) is 0 Å². The molecule has 0 bridgehead atoms. The second kappa shape index (κ2) is 8.48. The van der Waals surface area contributed by atoms with Crippen molar-refractivity contribution in [2.75, 3.05) is 0 Å². The van der Waals surface area contributed by atoms with Crippen LogP contribution in [-0.2, 0) is 17.8 Å². The van der Waals surface area contributed by atoms with Crippen molar-refractivity contribution >= 4 is 22.4 Å². The van der Waals surface area contributed by atoms with Gasteiger partial charge in [0, 0.05) is 5.02 Å². The van der Waals surface area contributed by atoms with Gasteiger partial charge in [-0.25, -0.2) is 0 Å². The van der Waals surface area contributed by atoms with Crippen LogP contribution in [0, 0.1) is 0 Å². The summed E-state index contributed by atoms with van der Waals surface area (Å²) in [5, 5.41) is 13.5. The lowest BCUT2D eigenvalue weighted by atomic mass is 9.98. The van der Waals surface area contributed by atoms with Gasteiger partial charge in [-0.1, -0.05) is 66.2 Å². The van der Waals surface area contributed by atoms with Crippen LogP contribution in [0.25, 0.3) is 10.8 Å². The van der Waals surface area contributed by atoms with Gasteiger partial charge >= 0.3 is 0 Å². The molecule has 3 aromatic rings. The van der Waals surface area contributed by atoms with Crippen molar-refractivity contribution in [1.82, 2.24) is 0 Å². The first-order valence-corrected chi connectivity index (χ1v) is 9.02. The summed E-state index contributed by atoms with van der Waals surface area (Å²) in [6, 6.07) is 22.2. The molecule has 25 heavy (non-hydrogen) atoms. The molecule has 130 valence electrons. The van der Waals surface area contributed by atoms with Gasteiger partial charge in [0.1, 0.15) is 0 Å².